The number of benzene rings is 2. The molecule has 2 aromatic carbocycles. The van der Waals surface area contributed by atoms with Crippen molar-refractivity contribution in [2.24, 2.45) is 0 Å². The summed E-state index contributed by atoms with van der Waals surface area (Å²) in [5, 5.41) is 20.9. The number of nitro groups is 1. The first-order chi connectivity index (χ1) is 10.7. The number of aromatic hydroxyl groups is 1. The van der Waals surface area contributed by atoms with E-state index in [2.05, 4.69) is 31.9 Å². The normalized spacial score (nSPS) is 10.9. The van der Waals surface area contributed by atoms with Gasteiger partial charge in [-0.2, -0.15) is 0 Å². The summed E-state index contributed by atoms with van der Waals surface area (Å²) in [5.41, 5.74) is 1.26. The first kappa shape index (κ1) is 17.7. The van der Waals surface area contributed by atoms with Gasteiger partial charge in [0, 0.05) is 17.2 Å². The highest BCUT2D eigenvalue weighted by atomic mass is 79.9. The highest BCUT2D eigenvalue weighted by molar-refractivity contribution is 9.11. The van der Waals surface area contributed by atoms with Gasteiger partial charge in [0.1, 0.15) is 11.5 Å². The van der Waals surface area contributed by atoms with Gasteiger partial charge in [0.15, 0.2) is 5.75 Å². The molecule has 2 aromatic rings. The number of rotatable bonds is 4. The third-order valence-corrected chi connectivity index (χ3v) is 4.97. The molecule has 0 saturated carbocycles. The van der Waals surface area contributed by atoms with E-state index in [-0.39, 0.29) is 17.4 Å². The Bertz CT molecular complexity index is 775. The van der Waals surface area contributed by atoms with Gasteiger partial charge in [0.2, 0.25) is 0 Å². The summed E-state index contributed by atoms with van der Waals surface area (Å²) in [6.45, 7) is 5.60. The largest absolute Gasteiger partial charge is 0.508 e. The minimum Gasteiger partial charge on any atom is -0.508 e. The fraction of sp³-hybridized carbons (Fsp3) is 0.250. The van der Waals surface area contributed by atoms with Crippen LogP contribution in [-0.4, -0.2) is 10.0 Å². The van der Waals surface area contributed by atoms with Crippen molar-refractivity contribution in [3.8, 4) is 17.2 Å². The molecular weight excluding hydrogens is 430 g/mol. The predicted molar refractivity (Wildman–Crippen MR) is 95.5 cm³/mol. The Morgan fingerprint density at radius 3 is 2.48 bits per heavy atom. The fourth-order valence-electron chi connectivity index (χ4n) is 2.14. The molecule has 0 aliphatic rings. The molecule has 5 nitrogen and oxygen atoms in total. The van der Waals surface area contributed by atoms with Gasteiger partial charge < -0.3 is 9.84 Å². The molecule has 23 heavy (non-hydrogen) atoms. The zero-order valence-corrected chi connectivity index (χ0v) is 15.9. The van der Waals surface area contributed by atoms with Crippen molar-refractivity contribution >= 4 is 37.5 Å². The molecule has 0 fully saturated rings. The van der Waals surface area contributed by atoms with E-state index < -0.39 is 4.92 Å². The lowest BCUT2D eigenvalue weighted by Gasteiger charge is -2.14. The lowest BCUT2D eigenvalue weighted by Crippen LogP contribution is -1.97. The highest BCUT2D eigenvalue weighted by Gasteiger charge is 2.21. The van der Waals surface area contributed by atoms with Gasteiger partial charge in [0.25, 0.3) is 5.69 Å². The second-order valence-corrected chi connectivity index (χ2v) is 7.03. The van der Waals surface area contributed by atoms with Gasteiger partial charge in [-0.15, -0.1) is 0 Å². The lowest BCUT2D eigenvalue weighted by molar-refractivity contribution is -0.385. The number of nitro benzene ring substituents is 1. The van der Waals surface area contributed by atoms with Crippen LogP contribution in [0.4, 0.5) is 5.69 Å². The van der Waals surface area contributed by atoms with E-state index in [9.17, 15) is 15.2 Å². The summed E-state index contributed by atoms with van der Waals surface area (Å²) < 4.78 is 6.86. The van der Waals surface area contributed by atoms with Crippen molar-refractivity contribution < 1.29 is 14.8 Å². The van der Waals surface area contributed by atoms with Crippen molar-refractivity contribution in [2.75, 3.05) is 0 Å². The van der Waals surface area contributed by atoms with Crippen LogP contribution < -0.4 is 4.74 Å². The topological polar surface area (TPSA) is 72.6 Å². The van der Waals surface area contributed by atoms with Crippen LogP contribution in [0.2, 0.25) is 0 Å². The smallest absolute Gasteiger partial charge is 0.274 e. The van der Waals surface area contributed by atoms with Crippen LogP contribution >= 0.6 is 31.9 Å². The number of phenols is 1. The molecule has 0 heterocycles. The number of nitrogens with zero attached hydrogens (tertiary/aromatic N) is 1. The van der Waals surface area contributed by atoms with Gasteiger partial charge in [-0.25, -0.2) is 0 Å². The van der Waals surface area contributed by atoms with Gasteiger partial charge in [0.05, 0.1) is 13.9 Å². The lowest BCUT2D eigenvalue weighted by atomic mass is 10.0. The number of ether oxygens (including phenoxy) is 1. The minimum atomic E-state index is -0.438. The van der Waals surface area contributed by atoms with Crippen LogP contribution in [0.25, 0.3) is 0 Å². The van der Waals surface area contributed by atoms with E-state index in [4.69, 9.17) is 4.74 Å². The summed E-state index contributed by atoms with van der Waals surface area (Å²) >= 11 is 6.67. The SMILES string of the molecule is Cc1c([N+](=O)[O-])cc(Br)c(Oc2ccc(O)c(C(C)C)c2)c1Br. The number of hydrogen-bond acceptors (Lipinski definition) is 4. The first-order valence-electron chi connectivity index (χ1n) is 6.86. The molecule has 0 amide bonds. The summed E-state index contributed by atoms with van der Waals surface area (Å²) in [6.07, 6.45) is 0. The Labute approximate surface area is 150 Å². The van der Waals surface area contributed by atoms with E-state index >= 15 is 0 Å². The average molecular weight is 445 g/mol. The Morgan fingerprint density at radius 1 is 1.26 bits per heavy atom. The summed E-state index contributed by atoms with van der Waals surface area (Å²) in [5.74, 6) is 1.35. The maximum atomic E-state index is 11.0. The average Bonchev–Trinajstić information content (AvgIpc) is 2.48. The first-order valence-corrected chi connectivity index (χ1v) is 8.44. The van der Waals surface area contributed by atoms with Crippen molar-refractivity contribution in [3.05, 3.63) is 54.5 Å². The third kappa shape index (κ3) is 3.67. The van der Waals surface area contributed by atoms with Crippen LogP contribution in [0.1, 0.15) is 30.9 Å². The standard InChI is InChI=1S/C16H15Br2NO4/c1-8(2)11-6-10(4-5-14(11)20)23-16-12(17)7-13(19(21)22)9(3)15(16)18/h4-8,20H,1-3H3. The van der Waals surface area contributed by atoms with Crippen molar-refractivity contribution in [2.45, 2.75) is 26.7 Å². The van der Waals surface area contributed by atoms with E-state index in [1.165, 1.54) is 6.07 Å². The molecule has 0 aliphatic carbocycles. The third-order valence-electron chi connectivity index (χ3n) is 3.43. The monoisotopic (exact) mass is 443 g/mol. The summed E-state index contributed by atoms with van der Waals surface area (Å²) in [4.78, 5) is 10.6. The Kier molecular flexibility index (Phi) is 5.31. The van der Waals surface area contributed by atoms with Crippen LogP contribution in [0, 0.1) is 17.0 Å². The molecule has 0 aromatic heterocycles. The molecule has 2 rings (SSSR count). The van der Waals surface area contributed by atoms with Gasteiger partial charge >= 0.3 is 0 Å². The molecule has 0 bridgehead atoms. The molecule has 0 saturated heterocycles. The van der Waals surface area contributed by atoms with Crippen molar-refractivity contribution in [1.29, 1.82) is 0 Å². The second-order valence-electron chi connectivity index (χ2n) is 5.38. The Balaban J connectivity index is 2.47. The van der Waals surface area contributed by atoms with Crippen molar-refractivity contribution in [3.63, 3.8) is 0 Å². The maximum Gasteiger partial charge on any atom is 0.274 e. The number of halogens is 2. The van der Waals surface area contributed by atoms with Crippen LogP contribution in [-0.2, 0) is 0 Å². The molecule has 0 radical (unpaired) electrons. The molecule has 1 N–H and O–H groups in total. The molecule has 0 unspecified atom stereocenters. The molecule has 7 heteroatoms. The minimum absolute atomic E-state index is 0.00433. The zero-order chi connectivity index (χ0) is 17.3. The van der Waals surface area contributed by atoms with Gasteiger partial charge in [-0.05, 0) is 62.9 Å². The van der Waals surface area contributed by atoms with Crippen molar-refractivity contribution in [1.82, 2.24) is 0 Å². The van der Waals surface area contributed by atoms with E-state index in [1.54, 1.807) is 25.1 Å². The van der Waals surface area contributed by atoms with Crippen LogP contribution in [0.3, 0.4) is 0 Å². The van der Waals surface area contributed by atoms with Crippen LogP contribution in [0.5, 0.6) is 17.2 Å². The molecule has 122 valence electrons. The summed E-state index contributed by atoms with van der Waals surface area (Å²) in [6, 6.07) is 6.40. The quantitative estimate of drug-likeness (QED) is 0.460. The highest BCUT2D eigenvalue weighted by Crippen LogP contribution is 2.43. The van der Waals surface area contributed by atoms with Gasteiger partial charge in [-0.3, -0.25) is 10.1 Å². The molecule has 0 aliphatic heterocycles. The summed E-state index contributed by atoms with van der Waals surface area (Å²) in [7, 11) is 0. The fourth-order valence-corrected chi connectivity index (χ4v) is 3.40. The van der Waals surface area contributed by atoms with E-state index in [0.717, 1.165) is 5.56 Å². The maximum absolute atomic E-state index is 11.0. The number of hydrogen-bond donors (Lipinski definition) is 1. The molecule has 0 atom stereocenters. The van der Waals surface area contributed by atoms with Crippen LogP contribution in [0.15, 0.2) is 33.2 Å². The molecular formula is C16H15Br2NO4. The number of phenolic OH excluding ortho intramolecular Hbond substituents is 1. The predicted octanol–water partition coefficient (Wildman–Crippen LogP) is 6.05. The van der Waals surface area contributed by atoms with E-state index in [1.807, 2.05) is 13.8 Å². The molecule has 0 spiro atoms. The second kappa shape index (κ2) is 6.88. The Morgan fingerprint density at radius 2 is 1.91 bits per heavy atom. The van der Waals surface area contributed by atoms with E-state index in [0.29, 0.717) is 26.0 Å². The zero-order valence-electron chi connectivity index (χ0n) is 12.8. The van der Waals surface area contributed by atoms with Gasteiger partial charge in [-0.1, -0.05) is 13.8 Å². The Hall–Kier alpha value is -1.60.